The summed E-state index contributed by atoms with van der Waals surface area (Å²) in [6, 6.07) is 3.74. The molecule has 0 bridgehead atoms. The predicted octanol–water partition coefficient (Wildman–Crippen LogP) is 1.75. The second-order valence-corrected chi connectivity index (χ2v) is 7.24. The fourth-order valence-electron chi connectivity index (χ4n) is 2.49. The second-order valence-electron chi connectivity index (χ2n) is 5.51. The van der Waals surface area contributed by atoms with E-state index in [9.17, 15) is 12.8 Å². The van der Waals surface area contributed by atoms with Crippen LogP contribution in [0.15, 0.2) is 23.1 Å². The van der Waals surface area contributed by atoms with Gasteiger partial charge in [0.15, 0.2) is 0 Å². The van der Waals surface area contributed by atoms with Gasteiger partial charge >= 0.3 is 0 Å². The molecule has 1 aromatic carbocycles. The van der Waals surface area contributed by atoms with Crippen LogP contribution < -0.4 is 4.72 Å². The van der Waals surface area contributed by atoms with Crippen molar-refractivity contribution in [2.24, 2.45) is 5.92 Å². The summed E-state index contributed by atoms with van der Waals surface area (Å²) in [4.78, 5) is 2.40. The van der Waals surface area contributed by atoms with E-state index in [0.717, 1.165) is 25.9 Å². The highest BCUT2D eigenvalue weighted by atomic mass is 32.2. The van der Waals surface area contributed by atoms with Gasteiger partial charge in [0.05, 0.1) is 4.90 Å². The molecule has 0 spiro atoms. The number of hydrogen-bond acceptors (Lipinski definition) is 3. The highest BCUT2D eigenvalue weighted by Gasteiger charge is 2.21. The van der Waals surface area contributed by atoms with Crippen LogP contribution >= 0.6 is 0 Å². The maximum atomic E-state index is 13.0. The lowest BCUT2D eigenvalue weighted by Gasteiger charge is -2.28. The third-order valence-corrected chi connectivity index (χ3v) is 5.41. The number of hydrogen-bond donors (Lipinski definition) is 1. The standard InChI is InChI=1S/C14H21FN2O2S/c1-11-9-13(15)3-4-14(11)20(18,19)16-10-12-5-7-17(2)8-6-12/h3-4,9,12,16H,5-8,10H2,1-2H3. The van der Waals surface area contributed by atoms with Crippen LogP contribution in [0.3, 0.4) is 0 Å². The fraction of sp³-hybridized carbons (Fsp3) is 0.571. The van der Waals surface area contributed by atoms with Gasteiger partial charge in [0, 0.05) is 6.54 Å². The Bertz CT molecular complexity index is 567. The van der Waals surface area contributed by atoms with E-state index < -0.39 is 15.8 Å². The number of nitrogens with one attached hydrogen (secondary N) is 1. The van der Waals surface area contributed by atoms with E-state index in [4.69, 9.17) is 0 Å². The van der Waals surface area contributed by atoms with Crippen molar-refractivity contribution in [2.45, 2.75) is 24.7 Å². The molecule has 20 heavy (non-hydrogen) atoms. The van der Waals surface area contributed by atoms with Crippen LogP contribution in [0.2, 0.25) is 0 Å². The average molecular weight is 300 g/mol. The minimum atomic E-state index is -3.55. The summed E-state index contributed by atoms with van der Waals surface area (Å²) in [5.41, 5.74) is 0.431. The number of likely N-dealkylation sites (tertiary alicyclic amines) is 1. The summed E-state index contributed by atoms with van der Waals surface area (Å²) >= 11 is 0. The van der Waals surface area contributed by atoms with Crippen LogP contribution in [0.1, 0.15) is 18.4 Å². The van der Waals surface area contributed by atoms with E-state index in [1.165, 1.54) is 18.2 Å². The Balaban J connectivity index is 2.00. The quantitative estimate of drug-likeness (QED) is 0.922. The maximum absolute atomic E-state index is 13.0. The van der Waals surface area contributed by atoms with Crippen LogP contribution in [0.5, 0.6) is 0 Å². The van der Waals surface area contributed by atoms with Crippen molar-refractivity contribution in [3.63, 3.8) is 0 Å². The molecule has 0 atom stereocenters. The molecule has 1 aliphatic rings. The van der Waals surface area contributed by atoms with Crippen molar-refractivity contribution in [2.75, 3.05) is 26.7 Å². The first kappa shape index (κ1) is 15.4. The Morgan fingerprint density at radius 1 is 1.35 bits per heavy atom. The Morgan fingerprint density at radius 2 is 2.00 bits per heavy atom. The maximum Gasteiger partial charge on any atom is 0.240 e. The molecular formula is C14H21FN2O2S. The second kappa shape index (κ2) is 6.20. The Labute approximate surface area is 120 Å². The van der Waals surface area contributed by atoms with E-state index in [-0.39, 0.29) is 4.90 Å². The number of sulfonamides is 1. The average Bonchev–Trinajstić information content (AvgIpc) is 2.37. The van der Waals surface area contributed by atoms with Crippen molar-refractivity contribution in [1.82, 2.24) is 9.62 Å². The lowest BCUT2D eigenvalue weighted by atomic mass is 9.98. The van der Waals surface area contributed by atoms with Gasteiger partial charge in [-0.25, -0.2) is 17.5 Å². The summed E-state index contributed by atoms with van der Waals surface area (Å²) in [5.74, 6) is -0.0431. The highest BCUT2D eigenvalue weighted by molar-refractivity contribution is 7.89. The van der Waals surface area contributed by atoms with E-state index in [2.05, 4.69) is 16.7 Å². The molecule has 0 saturated carbocycles. The lowest BCUT2D eigenvalue weighted by molar-refractivity contribution is 0.220. The van der Waals surface area contributed by atoms with E-state index >= 15 is 0 Å². The van der Waals surface area contributed by atoms with Gasteiger partial charge in [0.2, 0.25) is 10.0 Å². The molecular weight excluding hydrogens is 279 g/mol. The normalized spacial score (nSPS) is 18.4. The van der Waals surface area contributed by atoms with E-state index in [1.54, 1.807) is 6.92 Å². The minimum absolute atomic E-state index is 0.159. The molecule has 1 heterocycles. The zero-order valence-corrected chi connectivity index (χ0v) is 12.7. The summed E-state index contributed by atoms with van der Waals surface area (Å²) in [6.45, 7) is 4.06. The Kier molecular flexibility index (Phi) is 4.78. The van der Waals surface area contributed by atoms with Crippen molar-refractivity contribution >= 4 is 10.0 Å². The first-order valence-corrected chi connectivity index (χ1v) is 8.31. The molecule has 0 amide bonds. The number of rotatable bonds is 4. The smallest absolute Gasteiger partial charge is 0.240 e. The van der Waals surface area contributed by atoms with Crippen molar-refractivity contribution < 1.29 is 12.8 Å². The fourth-order valence-corrected chi connectivity index (χ4v) is 3.83. The zero-order valence-electron chi connectivity index (χ0n) is 11.9. The van der Waals surface area contributed by atoms with Crippen LogP contribution in [0.25, 0.3) is 0 Å². The SMILES string of the molecule is Cc1cc(F)ccc1S(=O)(=O)NCC1CCN(C)CC1. The first-order chi connectivity index (χ1) is 9.38. The monoisotopic (exact) mass is 300 g/mol. The molecule has 112 valence electrons. The van der Waals surface area contributed by atoms with Gasteiger partial charge in [-0.05, 0) is 69.6 Å². The number of benzene rings is 1. The van der Waals surface area contributed by atoms with Crippen LogP contribution in [0, 0.1) is 18.7 Å². The molecule has 0 unspecified atom stereocenters. The van der Waals surface area contributed by atoms with Gasteiger partial charge in [0.1, 0.15) is 5.82 Å². The molecule has 1 aliphatic heterocycles. The summed E-state index contributed by atoms with van der Waals surface area (Å²) in [6.07, 6.45) is 2.00. The lowest BCUT2D eigenvalue weighted by Crippen LogP contribution is -2.37. The van der Waals surface area contributed by atoms with Crippen LogP contribution in [0.4, 0.5) is 4.39 Å². The molecule has 1 aromatic rings. The van der Waals surface area contributed by atoms with Gasteiger partial charge < -0.3 is 4.90 Å². The zero-order chi connectivity index (χ0) is 14.8. The molecule has 1 fully saturated rings. The largest absolute Gasteiger partial charge is 0.306 e. The topological polar surface area (TPSA) is 49.4 Å². The predicted molar refractivity (Wildman–Crippen MR) is 76.5 cm³/mol. The molecule has 0 radical (unpaired) electrons. The summed E-state index contributed by atoms with van der Waals surface area (Å²) < 4.78 is 40.1. The Hall–Kier alpha value is -0.980. The van der Waals surface area contributed by atoms with Crippen molar-refractivity contribution in [3.05, 3.63) is 29.6 Å². The highest BCUT2D eigenvalue weighted by Crippen LogP contribution is 2.18. The number of nitrogens with zero attached hydrogens (tertiary/aromatic N) is 1. The van der Waals surface area contributed by atoms with Crippen molar-refractivity contribution in [1.29, 1.82) is 0 Å². The van der Waals surface area contributed by atoms with Crippen LogP contribution in [-0.4, -0.2) is 40.0 Å². The summed E-state index contributed by atoms with van der Waals surface area (Å²) in [7, 11) is -1.48. The van der Waals surface area contributed by atoms with Gasteiger partial charge in [0.25, 0.3) is 0 Å². The van der Waals surface area contributed by atoms with Gasteiger partial charge in [-0.15, -0.1) is 0 Å². The number of halogens is 1. The van der Waals surface area contributed by atoms with E-state index in [0.29, 0.717) is 18.0 Å². The molecule has 2 rings (SSSR count). The Morgan fingerprint density at radius 3 is 2.60 bits per heavy atom. The third-order valence-electron chi connectivity index (χ3n) is 3.83. The van der Waals surface area contributed by atoms with Gasteiger partial charge in [-0.2, -0.15) is 0 Å². The molecule has 4 nitrogen and oxygen atoms in total. The third kappa shape index (κ3) is 3.77. The summed E-state index contributed by atoms with van der Waals surface area (Å²) in [5, 5.41) is 0. The molecule has 0 aromatic heterocycles. The van der Waals surface area contributed by atoms with Gasteiger partial charge in [-0.3, -0.25) is 0 Å². The number of aryl methyl sites for hydroxylation is 1. The molecule has 1 N–H and O–H groups in total. The molecule has 1 saturated heterocycles. The van der Waals surface area contributed by atoms with Crippen LogP contribution in [-0.2, 0) is 10.0 Å². The first-order valence-electron chi connectivity index (χ1n) is 6.83. The molecule has 0 aliphatic carbocycles. The van der Waals surface area contributed by atoms with Crippen molar-refractivity contribution in [3.8, 4) is 0 Å². The number of piperidine rings is 1. The van der Waals surface area contributed by atoms with E-state index in [1.807, 2.05) is 0 Å². The van der Waals surface area contributed by atoms with Gasteiger partial charge in [-0.1, -0.05) is 0 Å². The minimum Gasteiger partial charge on any atom is -0.306 e. The molecule has 6 heteroatoms.